The normalized spacial score (nSPS) is 18.2. The second-order valence-corrected chi connectivity index (χ2v) is 8.05. The molecule has 0 aliphatic carbocycles. The summed E-state index contributed by atoms with van der Waals surface area (Å²) in [5, 5.41) is 2.66. The first-order valence-electron chi connectivity index (χ1n) is 8.43. The van der Waals surface area contributed by atoms with Crippen LogP contribution in [0.3, 0.4) is 0 Å². The number of anilines is 1. The highest BCUT2D eigenvalue weighted by molar-refractivity contribution is 8.07. The van der Waals surface area contributed by atoms with Crippen molar-refractivity contribution in [1.29, 1.82) is 0 Å². The molecule has 0 fully saturated rings. The molecule has 1 aromatic heterocycles. The van der Waals surface area contributed by atoms with Gasteiger partial charge in [0.05, 0.1) is 31.4 Å². The van der Waals surface area contributed by atoms with Crippen LogP contribution >= 0.6 is 23.1 Å². The van der Waals surface area contributed by atoms with Crippen LogP contribution in [-0.4, -0.2) is 33.2 Å². The van der Waals surface area contributed by atoms with E-state index in [0.717, 1.165) is 27.4 Å². The van der Waals surface area contributed by atoms with Gasteiger partial charge in [0.2, 0.25) is 0 Å². The quantitative estimate of drug-likeness (QED) is 0.705. The molecule has 2 aliphatic heterocycles. The van der Waals surface area contributed by atoms with Crippen LogP contribution in [0.4, 0.5) is 5.69 Å². The number of carbonyl (C=O) groups excluding carboxylic acids is 2. The van der Waals surface area contributed by atoms with Crippen molar-refractivity contribution < 1.29 is 23.8 Å². The van der Waals surface area contributed by atoms with E-state index in [2.05, 4.69) is 0 Å². The smallest absolute Gasteiger partial charge is 0.345 e. The van der Waals surface area contributed by atoms with Crippen molar-refractivity contribution in [2.45, 2.75) is 5.92 Å². The molecule has 8 heteroatoms. The fourth-order valence-corrected chi connectivity index (χ4v) is 5.26. The molecule has 0 saturated heterocycles. The summed E-state index contributed by atoms with van der Waals surface area (Å²) < 4.78 is 16.2. The number of hydrogen-bond acceptors (Lipinski definition) is 8. The first-order chi connectivity index (χ1) is 13.6. The number of benzene rings is 1. The van der Waals surface area contributed by atoms with E-state index in [1.54, 1.807) is 0 Å². The standard InChI is InChI=1S/C20H17NO5S2/c1-21-11-7-4-5-8-12(11)26-16-14(13-9-6-10-27-13)15(19(22)24-2)17(20(23)25-3)28-18(16)21/h4-10,14H,1-3H3. The SMILES string of the molecule is COC(=O)C1=C(C(=O)OC)C(c2cccs2)C2=C(S1)N(C)c1ccccc1O2. The molecule has 0 amide bonds. The summed E-state index contributed by atoms with van der Waals surface area (Å²) >= 11 is 2.65. The molecular weight excluding hydrogens is 398 g/mol. The lowest BCUT2D eigenvalue weighted by atomic mass is 9.93. The summed E-state index contributed by atoms with van der Waals surface area (Å²) in [5.74, 6) is -0.430. The van der Waals surface area contributed by atoms with Gasteiger partial charge in [-0.3, -0.25) is 0 Å². The minimum atomic E-state index is -0.581. The van der Waals surface area contributed by atoms with Gasteiger partial charge < -0.3 is 19.1 Å². The number of esters is 2. The summed E-state index contributed by atoms with van der Waals surface area (Å²) in [6.45, 7) is 0. The Balaban J connectivity index is 1.94. The third kappa shape index (κ3) is 2.89. The van der Waals surface area contributed by atoms with Gasteiger partial charge in [-0.05, 0) is 23.6 Å². The number of hydrogen-bond donors (Lipinski definition) is 0. The van der Waals surface area contributed by atoms with Crippen LogP contribution in [0.25, 0.3) is 0 Å². The minimum absolute atomic E-state index is 0.210. The number of thiophene rings is 1. The summed E-state index contributed by atoms with van der Waals surface area (Å²) in [5.41, 5.74) is 1.11. The van der Waals surface area contributed by atoms with Crippen LogP contribution in [0.15, 0.2) is 63.0 Å². The maximum Gasteiger partial charge on any atom is 0.345 e. The zero-order valence-electron chi connectivity index (χ0n) is 15.4. The van der Waals surface area contributed by atoms with Crippen molar-refractivity contribution in [3.8, 4) is 5.75 Å². The molecular formula is C20H17NO5S2. The number of allylic oxidation sites excluding steroid dienone is 1. The monoisotopic (exact) mass is 415 g/mol. The van der Waals surface area contributed by atoms with Gasteiger partial charge in [-0.1, -0.05) is 30.0 Å². The zero-order chi connectivity index (χ0) is 19.8. The molecule has 1 atom stereocenters. The van der Waals surface area contributed by atoms with E-state index in [1.807, 2.05) is 53.7 Å². The van der Waals surface area contributed by atoms with Crippen molar-refractivity contribution in [2.24, 2.45) is 0 Å². The van der Waals surface area contributed by atoms with Crippen molar-refractivity contribution in [3.63, 3.8) is 0 Å². The molecule has 2 aromatic rings. The molecule has 144 valence electrons. The van der Waals surface area contributed by atoms with E-state index in [-0.39, 0.29) is 10.5 Å². The molecule has 0 N–H and O–H groups in total. The van der Waals surface area contributed by atoms with Crippen LogP contribution in [0.1, 0.15) is 10.8 Å². The van der Waals surface area contributed by atoms with Gasteiger partial charge >= 0.3 is 11.9 Å². The summed E-state index contributed by atoms with van der Waals surface area (Å²) in [4.78, 5) is 28.3. The summed E-state index contributed by atoms with van der Waals surface area (Å²) in [6.07, 6.45) is 0. The largest absolute Gasteiger partial charge is 0.466 e. The van der Waals surface area contributed by atoms with Gasteiger partial charge in [0, 0.05) is 11.9 Å². The lowest BCUT2D eigenvalue weighted by molar-refractivity contribution is -0.139. The van der Waals surface area contributed by atoms with Gasteiger partial charge in [0.1, 0.15) is 15.7 Å². The molecule has 0 saturated carbocycles. The fraction of sp³-hybridized carbons (Fsp3) is 0.200. The van der Waals surface area contributed by atoms with E-state index in [0.29, 0.717) is 11.5 Å². The second-order valence-electron chi connectivity index (χ2n) is 6.07. The predicted molar refractivity (Wildman–Crippen MR) is 108 cm³/mol. The third-order valence-electron chi connectivity index (χ3n) is 4.56. The molecule has 1 aromatic carbocycles. The first kappa shape index (κ1) is 18.6. The van der Waals surface area contributed by atoms with Crippen LogP contribution in [0, 0.1) is 0 Å². The number of nitrogens with zero attached hydrogens (tertiary/aromatic N) is 1. The maximum absolute atomic E-state index is 12.7. The summed E-state index contributed by atoms with van der Waals surface area (Å²) in [6, 6.07) is 11.4. The van der Waals surface area contributed by atoms with Crippen molar-refractivity contribution in [2.75, 3.05) is 26.2 Å². The number of rotatable bonds is 3. The van der Waals surface area contributed by atoms with E-state index in [4.69, 9.17) is 14.2 Å². The molecule has 2 aliphatic rings. The molecule has 0 bridgehead atoms. The molecule has 0 spiro atoms. The Kier molecular flexibility index (Phi) is 4.91. The van der Waals surface area contributed by atoms with Gasteiger partial charge in [-0.2, -0.15) is 0 Å². The number of ether oxygens (including phenoxy) is 3. The fourth-order valence-electron chi connectivity index (χ4n) is 3.26. The summed E-state index contributed by atoms with van der Waals surface area (Å²) in [7, 11) is 4.51. The Labute approximate surface area is 170 Å². The number of carbonyl (C=O) groups is 2. The maximum atomic E-state index is 12.7. The number of thioether (sulfide) groups is 1. The van der Waals surface area contributed by atoms with Gasteiger partial charge in [-0.25, -0.2) is 9.59 Å². The molecule has 6 nitrogen and oxygen atoms in total. The molecule has 0 radical (unpaired) electrons. The predicted octanol–water partition coefficient (Wildman–Crippen LogP) is 3.88. The van der Waals surface area contributed by atoms with Crippen LogP contribution in [-0.2, 0) is 19.1 Å². The van der Waals surface area contributed by atoms with Crippen LogP contribution in [0.5, 0.6) is 5.75 Å². The Morgan fingerprint density at radius 2 is 1.82 bits per heavy atom. The molecule has 1 unspecified atom stereocenters. The van der Waals surface area contributed by atoms with E-state index < -0.39 is 17.9 Å². The zero-order valence-corrected chi connectivity index (χ0v) is 17.1. The number of para-hydroxylation sites is 2. The Hall–Kier alpha value is -2.71. The second kappa shape index (κ2) is 7.37. The average Bonchev–Trinajstić information content (AvgIpc) is 3.26. The molecule has 3 heterocycles. The average molecular weight is 415 g/mol. The van der Waals surface area contributed by atoms with Gasteiger partial charge in [0.15, 0.2) is 5.75 Å². The van der Waals surface area contributed by atoms with Crippen LogP contribution in [0.2, 0.25) is 0 Å². The highest BCUT2D eigenvalue weighted by Crippen LogP contribution is 2.53. The first-order valence-corrected chi connectivity index (χ1v) is 10.1. The lowest BCUT2D eigenvalue weighted by Gasteiger charge is -2.37. The minimum Gasteiger partial charge on any atom is -0.466 e. The van der Waals surface area contributed by atoms with Gasteiger partial charge in [0.25, 0.3) is 0 Å². The Morgan fingerprint density at radius 1 is 1.07 bits per heavy atom. The highest BCUT2D eigenvalue weighted by atomic mass is 32.2. The van der Waals surface area contributed by atoms with Crippen molar-refractivity contribution in [1.82, 2.24) is 0 Å². The number of methoxy groups -OCH3 is 2. The van der Waals surface area contributed by atoms with Crippen LogP contribution < -0.4 is 9.64 Å². The van der Waals surface area contributed by atoms with Crippen molar-refractivity contribution >= 4 is 40.7 Å². The van der Waals surface area contributed by atoms with Gasteiger partial charge in [-0.15, -0.1) is 11.3 Å². The molecule has 28 heavy (non-hydrogen) atoms. The van der Waals surface area contributed by atoms with Crippen molar-refractivity contribution in [3.05, 3.63) is 67.9 Å². The van der Waals surface area contributed by atoms with E-state index in [1.165, 1.54) is 25.6 Å². The molecule has 4 rings (SSSR count). The van der Waals surface area contributed by atoms with E-state index >= 15 is 0 Å². The highest BCUT2D eigenvalue weighted by Gasteiger charge is 2.44. The topological polar surface area (TPSA) is 65.1 Å². The Morgan fingerprint density at radius 3 is 2.50 bits per heavy atom. The third-order valence-corrected chi connectivity index (χ3v) is 6.76. The Bertz CT molecular complexity index is 1010. The number of fused-ring (bicyclic) bond motifs is 1. The lowest BCUT2D eigenvalue weighted by Crippen LogP contribution is -2.32. The van der Waals surface area contributed by atoms with E-state index in [9.17, 15) is 9.59 Å².